The molecule has 1 saturated heterocycles. The topological polar surface area (TPSA) is 32.3 Å². The maximum absolute atomic E-state index is 13.6. The molecule has 2 rings (SSSR count). The molecule has 1 amide bonds. The quantitative estimate of drug-likeness (QED) is 0.893. The highest BCUT2D eigenvalue weighted by Gasteiger charge is 2.25. The Balaban J connectivity index is 0.00000162. The average molecular weight is 273 g/mol. The summed E-state index contributed by atoms with van der Waals surface area (Å²) in [5.41, 5.74) is 1.06. The molecule has 1 N–H and O–H groups in total. The van der Waals surface area contributed by atoms with Crippen molar-refractivity contribution in [3.05, 3.63) is 35.1 Å². The second-order valence-corrected chi connectivity index (χ2v) is 4.55. The van der Waals surface area contributed by atoms with Crippen LogP contribution in [0.5, 0.6) is 0 Å². The highest BCUT2D eigenvalue weighted by molar-refractivity contribution is 5.94. The van der Waals surface area contributed by atoms with Gasteiger partial charge < -0.3 is 10.2 Å². The number of rotatable bonds is 2. The number of benzene rings is 1. The Morgan fingerprint density at radius 1 is 1.50 bits per heavy atom. The molecule has 0 aromatic heterocycles. The van der Waals surface area contributed by atoms with E-state index in [-0.39, 0.29) is 29.9 Å². The number of carbonyl (C=O) groups is 1. The van der Waals surface area contributed by atoms with Crippen LogP contribution in [-0.2, 0) is 0 Å². The van der Waals surface area contributed by atoms with Gasteiger partial charge in [0.05, 0.1) is 5.56 Å². The molecular formula is C13H18ClFN2O. The van der Waals surface area contributed by atoms with Gasteiger partial charge in [0, 0.05) is 19.6 Å². The predicted octanol–water partition coefficient (Wildman–Crippen LogP) is 1.99. The number of hydrogen-bond acceptors (Lipinski definition) is 2. The number of halogens is 2. The van der Waals surface area contributed by atoms with Gasteiger partial charge in [-0.1, -0.05) is 11.6 Å². The molecular weight excluding hydrogens is 255 g/mol. The van der Waals surface area contributed by atoms with Crippen molar-refractivity contribution < 1.29 is 9.18 Å². The highest BCUT2D eigenvalue weighted by atomic mass is 35.5. The Kier molecular flexibility index (Phi) is 5.11. The van der Waals surface area contributed by atoms with Gasteiger partial charge in [0.15, 0.2) is 0 Å². The summed E-state index contributed by atoms with van der Waals surface area (Å²) < 4.78 is 13.6. The van der Waals surface area contributed by atoms with Gasteiger partial charge in [0.1, 0.15) is 5.82 Å². The van der Waals surface area contributed by atoms with Gasteiger partial charge >= 0.3 is 0 Å². The van der Waals surface area contributed by atoms with Crippen molar-refractivity contribution in [3.8, 4) is 0 Å². The molecule has 0 saturated carbocycles. The molecule has 1 fully saturated rings. The normalized spacial score (nSPS) is 18.3. The van der Waals surface area contributed by atoms with Crippen LogP contribution in [0.4, 0.5) is 4.39 Å². The zero-order valence-corrected chi connectivity index (χ0v) is 11.4. The van der Waals surface area contributed by atoms with Crippen molar-refractivity contribution in [2.75, 3.05) is 20.1 Å². The van der Waals surface area contributed by atoms with Gasteiger partial charge in [-0.3, -0.25) is 4.79 Å². The lowest BCUT2D eigenvalue weighted by Gasteiger charge is -2.24. The molecule has 0 spiro atoms. The second kappa shape index (κ2) is 6.16. The molecule has 1 aromatic rings. The van der Waals surface area contributed by atoms with Gasteiger partial charge in [0.25, 0.3) is 5.91 Å². The lowest BCUT2D eigenvalue weighted by molar-refractivity contribution is 0.0739. The van der Waals surface area contributed by atoms with Crippen LogP contribution in [0.1, 0.15) is 22.3 Å². The monoisotopic (exact) mass is 272 g/mol. The minimum atomic E-state index is -0.446. The minimum Gasteiger partial charge on any atom is -0.337 e. The summed E-state index contributed by atoms with van der Waals surface area (Å²) in [6.07, 6.45) is 0.926. The largest absolute Gasteiger partial charge is 0.337 e. The lowest BCUT2D eigenvalue weighted by Crippen LogP contribution is -2.38. The highest BCUT2D eigenvalue weighted by Crippen LogP contribution is 2.15. The van der Waals surface area contributed by atoms with Crippen molar-refractivity contribution in [3.63, 3.8) is 0 Å². The van der Waals surface area contributed by atoms with Crippen molar-refractivity contribution in [1.82, 2.24) is 10.2 Å². The summed E-state index contributed by atoms with van der Waals surface area (Å²) in [7, 11) is 1.74. The first-order valence-electron chi connectivity index (χ1n) is 5.83. The number of amides is 1. The average Bonchev–Trinajstić information content (AvgIpc) is 2.84. The Hall–Kier alpha value is -1.13. The van der Waals surface area contributed by atoms with E-state index < -0.39 is 5.82 Å². The second-order valence-electron chi connectivity index (χ2n) is 4.55. The van der Waals surface area contributed by atoms with Crippen molar-refractivity contribution in [2.45, 2.75) is 19.4 Å². The van der Waals surface area contributed by atoms with Crippen LogP contribution in [-0.4, -0.2) is 37.0 Å². The number of likely N-dealkylation sites (N-methyl/N-ethyl adjacent to an activating group) is 1. The fraction of sp³-hybridized carbons (Fsp3) is 0.462. The third-order valence-electron chi connectivity index (χ3n) is 3.25. The minimum absolute atomic E-state index is 0. The fourth-order valence-corrected chi connectivity index (χ4v) is 2.13. The zero-order valence-electron chi connectivity index (χ0n) is 10.6. The van der Waals surface area contributed by atoms with E-state index in [2.05, 4.69) is 5.32 Å². The van der Waals surface area contributed by atoms with Crippen molar-refractivity contribution in [2.24, 2.45) is 0 Å². The van der Waals surface area contributed by atoms with Crippen LogP contribution in [0.2, 0.25) is 0 Å². The molecule has 1 aromatic carbocycles. The number of aryl methyl sites for hydroxylation is 1. The molecule has 0 radical (unpaired) electrons. The molecule has 1 aliphatic rings. The van der Waals surface area contributed by atoms with E-state index in [1.807, 2.05) is 6.92 Å². The van der Waals surface area contributed by atoms with Crippen LogP contribution in [0.25, 0.3) is 0 Å². The summed E-state index contributed by atoms with van der Waals surface area (Å²) in [6.45, 7) is 3.56. The summed E-state index contributed by atoms with van der Waals surface area (Å²) >= 11 is 0. The summed E-state index contributed by atoms with van der Waals surface area (Å²) in [5, 5.41) is 3.20. The third-order valence-corrected chi connectivity index (χ3v) is 3.25. The zero-order chi connectivity index (χ0) is 12.4. The Labute approximate surface area is 113 Å². The smallest absolute Gasteiger partial charge is 0.256 e. The number of nitrogens with zero attached hydrogens (tertiary/aromatic N) is 1. The first kappa shape index (κ1) is 14.9. The van der Waals surface area contributed by atoms with E-state index in [1.165, 1.54) is 6.07 Å². The van der Waals surface area contributed by atoms with Crippen LogP contribution in [0.3, 0.4) is 0 Å². The molecule has 5 heteroatoms. The van der Waals surface area contributed by atoms with Gasteiger partial charge in [0.2, 0.25) is 0 Å². The van der Waals surface area contributed by atoms with Gasteiger partial charge in [-0.05, 0) is 32.0 Å². The van der Waals surface area contributed by atoms with Crippen molar-refractivity contribution in [1.29, 1.82) is 0 Å². The van der Waals surface area contributed by atoms with E-state index in [4.69, 9.17) is 0 Å². The van der Waals surface area contributed by atoms with E-state index in [0.29, 0.717) is 0 Å². The van der Waals surface area contributed by atoms with Gasteiger partial charge in [-0.15, -0.1) is 12.4 Å². The molecule has 100 valence electrons. The molecule has 3 nitrogen and oxygen atoms in total. The van der Waals surface area contributed by atoms with Gasteiger partial charge in [-0.25, -0.2) is 4.39 Å². The van der Waals surface area contributed by atoms with E-state index in [1.54, 1.807) is 24.1 Å². The Bertz CT molecular complexity index is 433. The lowest BCUT2D eigenvalue weighted by atomic mass is 10.1. The summed E-state index contributed by atoms with van der Waals surface area (Å²) in [4.78, 5) is 13.8. The Morgan fingerprint density at radius 2 is 2.22 bits per heavy atom. The van der Waals surface area contributed by atoms with Crippen LogP contribution in [0, 0.1) is 12.7 Å². The maximum Gasteiger partial charge on any atom is 0.256 e. The SMILES string of the molecule is Cc1ccc(F)c(C(=O)N(C)C2CCNC2)c1.Cl. The molecule has 1 unspecified atom stereocenters. The fourth-order valence-electron chi connectivity index (χ4n) is 2.13. The van der Waals surface area contributed by atoms with Crippen LogP contribution < -0.4 is 5.32 Å². The molecule has 18 heavy (non-hydrogen) atoms. The summed E-state index contributed by atoms with van der Waals surface area (Å²) in [5.74, 6) is -0.682. The predicted molar refractivity (Wildman–Crippen MR) is 71.8 cm³/mol. The molecule has 0 bridgehead atoms. The van der Waals surface area contributed by atoms with E-state index in [0.717, 1.165) is 25.1 Å². The van der Waals surface area contributed by atoms with Crippen molar-refractivity contribution >= 4 is 18.3 Å². The maximum atomic E-state index is 13.6. The number of nitrogens with one attached hydrogen (secondary N) is 1. The molecule has 1 aliphatic heterocycles. The molecule has 0 aliphatic carbocycles. The standard InChI is InChI=1S/C13H17FN2O.ClH/c1-9-3-4-12(14)11(7-9)13(17)16(2)10-5-6-15-8-10;/h3-4,7,10,15H,5-6,8H2,1-2H3;1H. The van der Waals surface area contributed by atoms with Crippen LogP contribution in [0.15, 0.2) is 18.2 Å². The number of hydrogen-bond donors (Lipinski definition) is 1. The molecule has 1 heterocycles. The van der Waals surface area contributed by atoms with E-state index in [9.17, 15) is 9.18 Å². The van der Waals surface area contributed by atoms with Gasteiger partial charge in [-0.2, -0.15) is 0 Å². The Morgan fingerprint density at radius 3 is 2.83 bits per heavy atom. The van der Waals surface area contributed by atoms with E-state index >= 15 is 0 Å². The third kappa shape index (κ3) is 3.00. The van der Waals surface area contributed by atoms with Crippen LogP contribution >= 0.6 is 12.4 Å². The molecule has 1 atom stereocenters. The number of carbonyl (C=O) groups excluding carboxylic acids is 1. The summed E-state index contributed by atoms with van der Waals surface area (Å²) in [6, 6.07) is 4.80. The first-order valence-corrected chi connectivity index (χ1v) is 5.83. The first-order chi connectivity index (χ1) is 8.09.